The summed E-state index contributed by atoms with van der Waals surface area (Å²) in [5, 5.41) is 11.1. The number of alkyl halides is 1. The molecule has 0 fully saturated rings. The largest absolute Gasteiger partial charge is 0.480 e. The van der Waals surface area contributed by atoms with Gasteiger partial charge in [-0.3, -0.25) is 4.79 Å². The Hall–Kier alpha value is -1.35. The van der Waals surface area contributed by atoms with E-state index in [0.717, 1.165) is 16.3 Å². The third kappa shape index (κ3) is 2.25. The van der Waals surface area contributed by atoms with Crippen LogP contribution in [0.2, 0.25) is 0 Å². The van der Waals surface area contributed by atoms with Crippen LogP contribution in [-0.2, 0) is 11.2 Å². The first-order valence-electron chi connectivity index (χ1n) is 5.02. The molecule has 3 heteroatoms. The molecule has 1 unspecified atom stereocenters. The van der Waals surface area contributed by atoms with Crippen molar-refractivity contribution in [3.63, 3.8) is 0 Å². The number of rotatable bonds is 3. The van der Waals surface area contributed by atoms with E-state index >= 15 is 0 Å². The van der Waals surface area contributed by atoms with Crippen LogP contribution in [0.5, 0.6) is 0 Å². The molecule has 82 valence electrons. The molecule has 0 aliphatic carbocycles. The number of benzene rings is 2. The van der Waals surface area contributed by atoms with E-state index < -0.39 is 10.8 Å². The zero-order valence-corrected chi connectivity index (χ0v) is 10.1. The van der Waals surface area contributed by atoms with Crippen LogP contribution < -0.4 is 0 Å². The van der Waals surface area contributed by atoms with Crippen LogP contribution in [0.3, 0.4) is 0 Å². The number of hydrogen-bond acceptors (Lipinski definition) is 1. The lowest BCUT2D eigenvalue weighted by molar-refractivity contribution is -0.136. The number of halogens is 1. The summed E-state index contributed by atoms with van der Waals surface area (Å²) in [5.74, 6) is -0.826. The van der Waals surface area contributed by atoms with Gasteiger partial charge in [0, 0.05) is 0 Å². The predicted molar refractivity (Wildman–Crippen MR) is 68.0 cm³/mol. The van der Waals surface area contributed by atoms with Crippen LogP contribution in [0.25, 0.3) is 10.8 Å². The van der Waals surface area contributed by atoms with Crippen molar-refractivity contribution in [1.29, 1.82) is 0 Å². The second-order valence-corrected chi connectivity index (χ2v) is 4.75. The summed E-state index contributed by atoms with van der Waals surface area (Å²) < 4.78 is 0. The van der Waals surface area contributed by atoms with Crippen molar-refractivity contribution in [2.45, 2.75) is 11.2 Å². The first-order chi connectivity index (χ1) is 7.68. The number of carboxylic acids is 1. The molecule has 2 nitrogen and oxygen atoms in total. The van der Waals surface area contributed by atoms with E-state index in [9.17, 15) is 4.79 Å². The Morgan fingerprint density at radius 1 is 1.19 bits per heavy atom. The predicted octanol–water partition coefficient (Wildman–Crippen LogP) is 3.23. The second kappa shape index (κ2) is 4.66. The molecule has 0 heterocycles. The zero-order valence-electron chi connectivity index (χ0n) is 8.56. The van der Waals surface area contributed by atoms with E-state index in [1.165, 1.54) is 0 Å². The molecule has 1 N–H and O–H groups in total. The fourth-order valence-corrected chi connectivity index (χ4v) is 2.10. The van der Waals surface area contributed by atoms with Crippen LogP contribution in [0.15, 0.2) is 42.5 Å². The molecular formula is C13H11BrO2. The Morgan fingerprint density at radius 2 is 1.88 bits per heavy atom. The molecule has 0 radical (unpaired) electrons. The monoisotopic (exact) mass is 278 g/mol. The molecule has 2 aromatic carbocycles. The molecule has 0 amide bonds. The fourth-order valence-electron chi connectivity index (χ4n) is 1.75. The Kier molecular flexibility index (Phi) is 3.25. The van der Waals surface area contributed by atoms with Crippen molar-refractivity contribution in [2.24, 2.45) is 0 Å². The van der Waals surface area contributed by atoms with Gasteiger partial charge in [-0.1, -0.05) is 58.4 Å². The average molecular weight is 279 g/mol. The zero-order chi connectivity index (χ0) is 11.5. The maximum atomic E-state index is 10.8. The fraction of sp³-hybridized carbons (Fsp3) is 0.154. The van der Waals surface area contributed by atoms with Gasteiger partial charge >= 0.3 is 5.97 Å². The lowest BCUT2D eigenvalue weighted by atomic mass is 10.0. The minimum Gasteiger partial charge on any atom is -0.480 e. The molecule has 16 heavy (non-hydrogen) atoms. The topological polar surface area (TPSA) is 37.3 Å². The first-order valence-corrected chi connectivity index (χ1v) is 5.93. The van der Waals surface area contributed by atoms with Crippen molar-refractivity contribution in [1.82, 2.24) is 0 Å². The normalized spacial score (nSPS) is 12.6. The van der Waals surface area contributed by atoms with E-state index in [-0.39, 0.29) is 0 Å². The molecule has 1 atom stereocenters. The van der Waals surface area contributed by atoms with E-state index in [0.29, 0.717) is 6.42 Å². The van der Waals surface area contributed by atoms with Crippen LogP contribution in [0.1, 0.15) is 5.56 Å². The van der Waals surface area contributed by atoms with Crippen molar-refractivity contribution in [3.8, 4) is 0 Å². The van der Waals surface area contributed by atoms with Crippen LogP contribution in [-0.4, -0.2) is 15.9 Å². The van der Waals surface area contributed by atoms with E-state index in [2.05, 4.69) is 15.9 Å². The Morgan fingerprint density at radius 3 is 2.62 bits per heavy atom. The van der Waals surface area contributed by atoms with Gasteiger partial charge in [0.25, 0.3) is 0 Å². The maximum absolute atomic E-state index is 10.8. The number of carbonyl (C=O) groups is 1. The lowest BCUT2D eigenvalue weighted by Crippen LogP contribution is -2.15. The summed E-state index contributed by atoms with van der Waals surface area (Å²) in [6.45, 7) is 0. The van der Waals surface area contributed by atoms with Gasteiger partial charge in [-0.2, -0.15) is 0 Å². The molecule has 0 bridgehead atoms. The highest BCUT2D eigenvalue weighted by atomic mass is 79.9. The van der Waals surface area contributed by atoms with Gasteiger partial charge < -0.3 is 5.11 Å². The highest BCUT2D eigenvalue weighted by molar-refractivity contribution is 9.10. The number of carboxylic acid groups (broad SMARTS) is 1. The van der Waals surface area contributed by atoms with Crippen molar-refractivity contribution in [2.75, 3.05) is 0 Å². The Labute approximate surface area is 102 Å². The number of hydrogen-bond donors (Lipinski definition) is 1. The second-order valence-electron chi connectivity index (χ2n) is 3.65. The molecule has 0 saturated carbocycles. The Balaban J connectivity index is 2.41. The highest BCUT2D eigenvalue weighted by Crippen LogP contribution is 2.21. The van der Waals surface area contributed by atoms with Crippen LogP contribution in [0, 0.1) is 0 Å². The van der Waals surface area contributed by atoms with Gasteiger partial charge in [-0.05, 0) is 22.8 Å². The van der Waals surface area contributed by atoms with Gasteiger partial charge in [0.05, 0.1) is 0 Å². The van der Waals surface area contributed by atoms with Gasteiger partial charge in [0.1, 0.15) is 4.83 Å². The maximum Gasteiger partial charge on any atom is 0.317 e. The third-order valence-corrected chi connectivity index (χ3v) is 3.26. The molecule has 0 aliphatic rings. The highest BCUT2D eigenvalue weighted by Gasteiger charge is 2.14. The summed E-state index contributed by atoms with van der Waals surface area (Å²) in [4.78, 5) is 10.3. The molecule has 0 aromatic heterocycles. The van der Waals surface area contributed by atoms with Gasteiger partial charge in [-0.15, -0.1) is 0 Å². The number of aliphatic carboxylic acids is 1. The molecule has 0 aliphatic heterocycles. The van der Waals surface area contributed by atoms with Crippen molar-refractivity contribution < 1.29 is 9.90 Å². The summed E-state index contributed by atoms with van der Waals surface area (Å²) in [5.41, 5.74) is 1.06. The Bertz CT molecular complexity index is 517. The molecule has 2 rings (SSSR count). The quantitative estimate of drug-likeness (QED) is 0.876. The standard InChI is InChI=1S/C13H11BrO2/c14-12(13(15)16)8-10-6-3-5-9-4-1-2-7-11(9)10/h1-7,12H,8H2,(H,15,16). The van der Waals surface area contributed by atoms with Gasteiger partial charge in [0.2, 0.25) is 0 Å². The van der Waals surface area contributed by atoms with E-state index in [4.69, 9.17) is 5.11 Å². The number of fused-ring (bicyclic) bond motifs is 1. The summed E-state index contributed by atoms with van der Waals surface area (Å²) in [6, 6.07) is 14.0. The van der Waals surface area contributed by atoms with Gasteiger partial charge in [0.15, 0.2) is 0 Å². The molecule has 2 aromatic rings. The van der Waals surface area contributed by atoms with Crippen LogP contribution in [0.4, 0.5) is 0 Å². The SMILES string of the molecule is O=C(O)C(Br)Cc1cccc2ccccc12. The smallest absolute Gasteiger partial charge is 0.317 e. The van der Waals surface area contributed by atoms with Gasteiger partial charge in [-0.25, -0.2) is 0 Å². The molecular weight excluding hydrogens is 268 g/mol. The summed E-state index contributed by atoms with van der Waals surface area (Å²) in [7, 11) is 0. The van der Waals surface area contributed by atoms with E-state index in [1.807, 2.05) is 42.5 Å². The summed E-state index contributed by atoms with van der Waals surface area (Å²) in [6.07, 6.45) is 0.497. The van der Waals surface area contributed by atoms with E-state index in [1.54, 1.807) is 0 Å². The third-order valence-electron chi connectivity index (χ3n) is 2.55. The lowest BCUT2D eigenvalue weighted by Gasteiger charge is -2.08. The summed E-state index contributed by atoms with van der Waals surface area (Å²) >= 11 is 3.17. The average Bonchev–Trinajstić information content (AvgIpc) is 2.29. The minimum absolute atomic E-state index is 0.497. The molecule has 0 spiro atoms. The van der Waals surface area contributed by atoms with Crippen molar-refractivity contribution >= 4 is 32.7 Å². The first kappa shape index (κ1) is 11.1. The van der Waals surface area contributed by atoms with Crippen molar-refractivity contribution in [3.05, 3.63) is 48.0 Å². The van der Waals surface area contributed by atoms with Crippen LogP contribution >= 0.6 is 15.9 Å². The molecule has 0 saturated heterocycles. The minimum atomic E-state index is -0.826.